The number of rotatable bonds is 3. The van der Waals surface area contributed by atoms with Crippen molar-refractivity contribution in [2.24, 2.45) is 0 Å². The fourth-order valence-electron chi connectivity index (χ4n) is 3.78. The highest BCUT2D eigenvalue weighted by Gasteiger charge is 2.28. The summed E-state index contributed by atoms with van der Waals surface area (Å²) in [6.45, 7) is 2.81. The minimum atomic E-state index is -0.440. The molecule has 2 aliphatic heterocycles. The van der Waals surface area contributed by atoms with Gasteiger partial charge in [-0.2, -0.15) is 0 Å². The number of fused-ring (bicyclic) bond motifs is 2. The van der Waals surface area contributed by atoms with Crippen molar-refractivity contribution in [3.05, 3.63) is 52.7 Å². The van der Waals surface area contributed by atoms with Crippen LogP contribution in [0.25, 0.3) is 11.0 Å². The van der Waals surface area contributed by atoms with Gasteiger partial charge in [-0.25, -0.2) is 0 Å². The molecule has 1 saturated heterocycles. The summed E-state index contributed by atoms with van der Waals surface area (Å²) in [6, 6.07) is 10.3. The number of para-hydroxylation sites is 1. The van der Waals surface area contributed by atoms with Crippen molar-refractivity contribution in [1.82, 2.24) is 4.90 Å². The number of benzene rings is 2. The number of hydrogen-bond acceptors (Lipinski definition) is 6. The molecule has 1 fully saturated rings. The second-order valence-corrected chi connectivity index (χ2v) is 7.90. The predicted octanol–water partition coefficient (Wildman–Crippen LogP) is 3.97. The van der Waals surface area contributed by atoms with Gasteiger partial charge < -0.3 is 28.8 Å². The SMILES string of the molecule is O=C(Nc1c(C(=O)N2CCOCC2)oc2ccccc12)c1cc(Cl)c2c(c1)OCCCO2. The van der Waals surface area contributed by atoms with Gasteiger partial charge in [0.2, 0.25) is 5.76 Å². The number of anilines is 1. The quantitative estimate of drug-likeness (QED) is 0.641. The Morgan fingerprint density at radius 3 is 2.62 bits per heavy atom. The van der Waals surface area contributed by atoms with Crippen LogP contribution in [0.1, 0.15) is 27.3 Å². The number of nitrogens with one attached hydrogen (secondary N) is 1. The third-order valence-electron chi connectivity index (χ3n) is 5.39. The topological polar surface area (TPSA) is 90.2 Å². The molecule has 0 bridgehead atoms. The Balaban J connectivity index is 1.50. The van der Waals surface area contributed by atoms with Crippen molar-refractivity contribution in [3.8, 4) is 11.5 Å². The standard InChI is InChI=1S/C23H21ClN2O6/c24-16-12-14(13-18-20(16)31-9-3-8-30-18)22(27)25-19-15-4-1-2-5-17(15)32-21(19)23(28)26-6-10-29-11-7-26/h1-2,4-5,12-13H,3,6-11H2,(H,25,27). The molecule has 5 rings (SSSR count). The van der Waals surface area contributed by atoms with Crippen LogP contribution < -0.4 is 14.8 Å². The molecule has 8 nitrogen and oxygen atoms in total. The number of carbonyl (C=O) groups is 2. The van der Waals surface area contributed by atoms with Crippen molar-refractivity contribution in [2.45, 2.75) is 6.42 Å². The number of ether oxygens (including phenoxy) is 3. The Hall–Kier alpha value is -3.23. The lowest BCUT2D eigenvalue weighted by atomic mass is 10.1. The van der Waals surface area contributed by atoms with Crippen LogP contribution >= 0.6 is 11.6 Å². The van der Waals surface area contributed by atoms with E-state index in [1.54, 1.807) is 23.1 Å². The van der Waals surface area contributed by atoms with E-state index in [2.05, 4.69) is 5.32 Å². The zero-order valence-corrected chi connectivity index (χ0v) is 17.9. The fourth-order valence-corrected chi connectivity index (χ4v) is 4.04. The van der Waals surface area contributed by atoms with E-state index in [4.69, 9.17) is 30.2 Å². The van der Waals surface area contributed by atoms with Crippen LogP contribution in [0.2, 0.25) is 5.02 Å². The van der Waals surface area contributed by atoms with E-state index in [1.165, 1.54) is 6.07 Å². The van der Waals surface area contributed by atoms with Crippen LogP contribution in [0.5, 0.6) is 11.5 Å². The molecule has 2 amide bonds. The smallest absolute Gasteiger partial charge is 0.291 e. The molecule has 1 aromatic heterocycles. The van der Waals surface area contributed by atoms with Gasteiger partial charge in [-0.15, -0.1) is 0 Å². The third-order valence-corrected chi connectivity index (χ3v) is 5.67. The molecule has 2 aromatic carbocycles. The molecule has 0 aliphatic carbocycles. The first-order valence-electron chi connectivity index (χ1n) is 10.4. The van der Waals surface area contributed by atoms with E-state index in [0.29, 0.717) is 67.7 Å². The van der Waals surface area contributed by atoms with Crippen LogP contribution in [0.15, 0.2) is 40.8 Å². The molecule has 2 aliphatic rings. The predicted molar refractivity (Wildman–Crippen MR) is 118 cm³/mol. The number of hydrogen-bond donors (Lipinski definition) is 1. The maximum absolute atomic E-state index is 13.2. The summed E-state index contributed by atoms with van der Waals surface area (Å²) in [5, 5.41) is 3.78. The lowest BCUT2D eigenvalue weighted by molar-refractivity contribution is 0.0285. The normalized spacial score (nSPS) is 16.0. The Morgan fingerprint density at radius 2 is 1.78 bits per heavy atom. The van der Waals surface area contributed by atoms with Gasteiger partial charge >= 0.3 is 0 Å². The lowest BCUT2D eigenvalue weighted by Gasteiger charge is -2.26. The first-order chi connectivity index (χ1) is 15.6. The third kappa shape index (κ3) is 3.87. The van der Waals surface area contributed by atoms with Gasteiger partial charge in [0.25, 0.3) is 11.8 Å². The number of furan rings is 1. The molecule has 3 heterocycles. The average molecular weight is 457 g/mol. The fraction of sp³-hybridized carbons (Fsp3) is 0.304. The van der Waals surface area contributed by atoms with Gasteiger partial charge in [0.15, 0.2) is 11.5 Å². The average Bonchev–Trinajstić information content (AvgIpc) is 3.00. The zero-order chi connectivity index (χ0) is 22.1. The molecule has 3 aromatic rings. The molecular weight excluding hydrogens is 436 g/mol. The van der Waals surface area contributed by atoms with Gasteiger partial charge in [-0.05, 0) is 24.3 Å². The molecule has 0 unspecified atom stereocenters. The maximum Gasteiger partial charge on any atom is 0.291 e. The molecule has 32 heavy (non-hydrogen) atoms. The Labute approximate surface area is 189 Å². The summed E-state index contributed by atoms with van der Waals surface area (Å²) in [6.07, 6.45) is 0.723. The highest BCUT2D eigenvalue weighted by molar-refractivity contribution is 6.33. The Morgan fingerprint density at radius 1 is 1.00 bits per heavy atom. The summed E-state index contributed by atoms with van der Waals surface area (Å²) in [5.74, 6) is 0.197. The molecule has 1 N–H and O–H groups in total. The Kier molecular flexibility index (Phi) is 5.63. The van der Waals surface area contributed by atoms with Crippen LogP contribution in [0.3, 0.4) is 0 Å². The molecule has 166 valence electrons. The number of nitrogens with zero attached hydrogens (tertiary/aromatic N) is 1. The first kappa shape index (κ1) is 20.7. The van der Waals surface area contributed by atoms with Crippen LogP contribution in [-0.2, 0) is 4.74 Å². The largest absolute Gasteiger partial charge is 0.489 e. The van der Waals surface area contributed by atoms with Crippen LogP contribution in [0, 0.1) is 0 Å². The van der Waals surface area contributed by atoms with E-state index in [0.717, 1.165) is 6.42 Å². The monoisotopic (exact) mass is 456 g/mol. The summed E-state index contributed by atoms with van der Waals surface area (Å²) < 4.78 is 22.5. The second kappa shape index (κ2) is 8.72. The summed E-state index contributed by atoms with van der Waals surface area (Å²) in [5.41, 5.74) is 1.12. The van der Waals surface area contributed by atoms with Gasteiger partial charge in [-0.3, -0.25) is 9.59 Å². The van der Waals surface area contributed by atoms with E-state index < -0.39 is 5.91 Å². The van der Waals surface area contributed by atoms with E-state index >= 15 is 0 Å². The van der Waals surface area contributed by atoms with Crippen LogP contribution in [-0.4, -0.2) is 56.2 Å². The minimum absolute atomic E-state index is 0.0851. The zero-order valence-electron chi connectivity index (χ0n) is 17.2. The molecule has 0 spiro atoms. The lowest BCUT2D eigenvalue weighted by Crippen LogP contribution is -2.40. The summed E-state index contributed by atoms with van der Waals surface area (Å²) in [4.78, 5) is 28.0. The maximum atomic E-state index is 13.2. The van der Waals surface area contributed by atoms with E-state index in [1.807, 2.05) is 12.1 Å². The molecule has 0 atom stereocenters. The van der Waals surface area contributed by atoms with Crippen molar-refractivity contribution < 1.29 is 28.2 Å². The number of carbonyl (C=O) groups excluding carboxylic acids is 2. The van der Waals surface area contributed by atoms with Gasteiger partial charge in [0, 0.05) is 30.5 Å². The second-order valence-electron chi connectivity index (χ2n) is 7.50. The minimum Gasteiger partial charge on any atom is -0.489 e. The highest BCUT2D eigenvalue weighted by atomic mass is 35.5. The Bertz CT molecular complexity index is 1180. The number of amides is 2. The van der Waals surface area contributed by atoms with Gasteiger partial charge in [0.05, 0.1) is 31.5 Å². The number of halogens is 1. The van der Waals surface area contributed by atoms with Crippen molar-refractivity contribution >= 4 is 40.1 Å². The van der Waals surface area contributed by atoms with Crippen molar-refractivity contribution in [1.29, 1.82) is 0 Å². The van der Waals surface area contributed by atoms with Crippen molar-refractivity contribution in [3.63, 3.8) is 0 Å². The summed E-state index contributed by atoms with van der Waals surface area (Å²) in [7, 11) is 0. The number of morpholine rings is 1. The van der Waals surface area contributed by atoms with E-state index in [9.17, 15) is 9.59 Å². The first-order valence-corrected chi connectivity index (χ1v) is 10.8. The molecule has 9 heteroatoms. The highest BCUT2D eigenvalue weighted by Crippen LogP contribution is 2.39. The van der Waals surface area contributed by atoms with Crippen LogP contribution in [0.4, 0.5) is 5.69 Å². The van der Waals surface area contributed by atoms with Gasteiger partial charge in [0.1, 0.15) is 11.3 Å². The summed E-state index contributed by atoms with van der Waals surface area (Å²) >= 11 is 6.35. The molecule has 0 radical (unpaired) electrons. The van der Waals surface area contributed by atoms with Crippen molar-refractivity contribution in [2.75, 3.05) is 44.8 Å². The van der Waals surface area contributed by atoms with E-state index in [-0.39, 0.29) is 22.3 Å². The molecule has 0 saturated carbocycles. The molecular formula is C23H21ClN2O6. The van der Waals surface area contributed by atoms with Gasteiger partial charge in [-0.1, -0.05) is 23.7 Å².